The van der Waals surface area contributed by atoms with Gasteiger partial charge in [-0.25, -0.2) is 4.98 Å². The first-order valence-corrected chi connectivity index (χ1v) is 13.1. The van der Waals surface area contributed by atoms with Crippen LogP contribution in [0.15, 0.2) is 42.5 Å². The molecule has 2 aliphatic heterocycles. The van der Waals surface area contributed by atoms with Crippen LogP contribution in [0.4, 0.5) is 23.4 Å². The number of rotatable bonds is 7. The summed E-state index contributed by atoms with van der Waals surface area (Å²) in [5.74, 6) is -1.56. The molecule has 0 bridgehead atoms. The number of carbonyl (C=O) groups excluding carboxylic acids is 1. The molecule has 2 aromatic carbocycles. The zero-order valence-corrected chi connectivity index (χ0v) is 22.0. The number of nitrogens with two attached hydrogens (primary N) is 1. The quantitative estimate of drug-likeness (QED) is 0.316. The number of nitrogens with one attached hydrogen (secondary N) is 1. The first-order chi connectivity index (χ1) is 19.1. The van der Waals surface area contributed by atoms with Crippen molar-refractivity contribution in [3.8, 4) is 28.0 Å². The lowest BCUT2D eigenvalue weighted by molar-refractivity contribution is -0.139. The minimum absolute atomic E-state index is 0.00218. The summed E-state index contributed by atoms with van der Waals surface area (Å²) in [5, 5.41) is 2.77. The number of piperidine rings is 1. The molecule has 0 saturated carbocycles. The molecule has 0 spiro atoms. The van der Waals surface area contributed by atoms with E-state index in [-0.39, 0.29) is 34.7 Å². The van der Waals surface area contributed by atoms with E-state index < -0.39 is 17.7 Å². The second kappa shape index (κ2) is 11.4. The number of aromatic nitrogens is 1. The van der Waals surface area contributed by atoms with Crippen LogP contribution < -0.4 is 15.8 Å². The van der Waals surface area contributed by atoms with Crippen LogP contribution in [0.5, 0.6) is 5.75 Å². The Morgan fingerprint density at radius 3 is 2.50 bits per heavy atom. The monoisotopic (exact) mass is 558 g/mol. The fourth-order valence-corrected chi connectivity index (χ4v) is 5.21. The minimum atomic E-state index is -4.72. The Kier molecular flexibility index (Phi) is 7.95. The number of benzene rings is 2. The number of anilines is 1. The van der Waals surface area contributed by atoms with Gasteiger partial charge in [0.15, 0.2) is 0 Å². The van der Waals surface area contributed by atoms with Crippen molar-refractivity contribution in [2.45, 2.75) is 31.5 Å². The highest BCUT2D eigenvalue weighted by Crippen LogP contribution is 2.41. The molecule has 7 nitrogen and oxygen atoms in total. The van der Waals surface area contributed by atoms with E-state index in [1.54, 1.807) is 25.3 Å². The summed E-state index contributed by atoms with van der Waals surface area (Å²) in [5.41, 5.74) is 7.21. The summed E-state index contributed by atoms with van der Waals surface area (Å²) in [4.78, 5) is 18.1. The Balaban J connectivity index is 1.44. The van der Waals surface area contributed by atoms with Crippen LogP contribution >= 0.6 is 0 Å². The number of halogens is 4. The van der Waals surface area contributed by atoms with Crippen LogP contribution in [0, 0.1) is 5.95 Å². The van der Waals surface area contributed by atoms with Gasteiger partial charge in [0.05, 0.1) is 12.2 Å². The number of nitrogens with zero attached hydrogens (tertiary/aromatic N) is 2. The second-order valence-electron chi connectivity index (χ2n) is 10.00. The predicted molar refractivity (Wildman–Crippen MR) is 142 cm³/mol. The van der Waals surface area contributed by atoms with Gasteiger partial charge in [-0.2, -0.15) is 17.6 Å². The molecule has 212 valence electrons. The minimum Gasteiger partial charge on any atom is -0.490 e. The fourth-order valence-electron chi connectivity index (χ4n) is 5.21. The third-order valence-corrected chi connectivity index (χ3v) is 7.38. The SMILES string of the molecule is COCCN1CCC(Oc2ccc(-c3cc(-c4ccc5c(c4)CCNC5=O)c(N)nc3F)cc2C(F)(F)F)CC1. The zero-order chi connectivity index (χ0) is 28.4. The van der Waals surface area contributed by atoms with Gasteiger partial charge in [-0.05, 0) is 60.2 Å². The lowest BCUT2D eigenvalue weighted by Gasteiger charge is -2.32. The zero-order valence-electron chi connectivity index (χ0n) is 22.0. The van der Waals surface area contributed by atoms with E-state index in [1.807, 2.05) is 0 Å². The van der Waals surface area contributed by atoms with Crippen LogP contribution in [0.1, 0.15) is 34.3 Å². The van der Waals surface area contributed by atoms with Crippen LogP contribution in [0.25, 0.3) is 22.3 Å². The number of carbonyl (C=O) groups is 1. The lowest BCUT2D eigenvalue weighted by atomic mass is 9.93. The van der Waals surface area contributed by atoms with Gasteiger partial charge in [0.1, 0.15) is 17.7 Å². The highest BCUT2D eigenvalue weighted by Gasteiger charge is 2.36. The molecule has 40 heavy (non-hydrogen) atoms. The number of alkyl halides is 3. The molecule has 3 N–H and O–H groups in total. The number of amides is 1. The predicted octanol–water partition coefficient (Wildman–Crippen LogP) is 4.93. The maximum Gasteiger partial charge on any atom is 0.419 e. The molecule has 1 aromatic heterocycles. The Hall–Kier alpha value is -3.70. The van der Waals surface area contributed by atoms with Gasteiger partial charge in [-0.3, -0.25) is 4.79 Å². The van der Waals surface area contributed by atoms with Gasteiger partial charge in [0.2, 0.25) is 5.95 Å². The van der Waals surface area contributed by atoms with E-state index in [0.717, 1.165) is 18.2 Å². The van der Waals surface area contributed by atoms with E-state index in [4.69, 9.17) is 15.2 Å². The number of methoxy groups -OCH3 is 1. The number of fused-ring (bicyclic) bond motifs is 1. The summed E-state index contributed by atoms with van der Waals surface area (Å²) in [6.45, 7) is 3.24. The van der Waals surface area contributed by atoms with E-state index in [1.165, 1.54) is 18.2 Å². The number of hydrogen-bond donors (Lipinski definition) is 2. The molecule has 5 rings (SSSR count). The van der Waals surface area contributed by atoms with Crippen molar-refractivity contribution in [3.05, 3.63) is 65.1 Å². The summed E-state index contributed by atoms with van der Waals surface area (Å²) in [7, 11) is 1.63. The molecular weight excluding hydrogens is 528 g/mol. The molecular formula is C29H30F4N4O3. The average Bonchev–Trinajstić information content (AvgIpc) is 2.92. The Labute approximate surface area is 229 Å². The third kappa shape index (κ3) is 5.90. The highest BCUT2D eigenvalue weighted by molar-refractivity contribution is 5.97. The summed E-state index contributed by atoms with van der Waals surface area (Å²) < 4.78 is 68.3. The van der Waals surface area contributed by atoms with Gasteiger partial charge in [-0.15, -0.1) is 0 Å². The summed E-state index contributed by atoms with van der Waals surface area (Å²) in [6.07, 6.45) is -3.29. The molecule has 1 saturated heterocycles. The first kappa shape index (κ1) is 27.9. The Bertz CT molecular complexity index is 1400. The molecule has 0 atom stereocenters. The molecule has 3 aromatic rings. The molecule has 0 radical (unpaired) electrons. The lowest BCUT2D eigenvalue weighted by Crippen LogP contribution is -2.39. The number of likely N-dealkylation sites (tertiary alicyclic amines) is 1. The Morgan fingerprint density at radius 1 is 1.05 bits per heavy atom. The highest BCUT2D eigenvalue weighted by atomic mass is 19.4. The number of hydrogen-bond acceptors (Lipinski definition) is 6. The van der Waals surface area contributed by atoms with Crippen molar-refractivity contribution < 1.29 is 31.8 Å². The smallest absolute Gasteiger partial charge is 0.419 e. The molecule has 3 heterocycles. The number of pyridine rings is 1. The summed E-state index contributed by atoms with van der Waals surface area (Å²) in [6, 6.07) is 10.0. The van der Waals surface area contributed by atoms with Gasteiger partial charge < -0.3 is 25.4 Å². The molecule has 11 heteroatoms. The van der Waals surface area contributed by atoms with Crippen molar-refractivity contribution in [1.29, 1.82) is 0 Å². The molecule has 2 aliphatic rings. The molecule has 1 amide bonds. The molecule has 1 fully saturated rings. The van der Waals surface area contributed by atoms with Crippen molar-refractivity contribution in [2.24, 2.45) is 0 Å². The van der Waals surface area contributed by atoms with Crippen molar-refractivity contribution >= 4 is 11.7 Å². The van der Waals surface area contributed by atoms with E-state index in [0.29, 0.717) is 62.2 Å². The second-order valence-corrected chi connectivity index (χ2v) is 10.00. The topological polar surface area (TPSA) is 89.7 Å². The van der Waals surface area contributed by atoms with Crippen LogP contribution in [-0.4, -0.2) is 61.8 Å². The maximum atomic E-state index is 15.0. The van der Waals surface area contributed by atoms with Crippen molar-refractivity contribution in [2.75, 3.05) is 45.6 Å². The van der Waals surface area contributed by atoms with Crippen LogP contribution in [0.2, 0.25) is 0 Å². The van der Waals surface area contributed by atoms with Crippen molar-refractivity contribution in [3.63, 3.8) is 0 Å². The number of nitrogen functional groups attached to an aromatic ring is 1. The van der Waals surface area contributed by atoms with E-state index in [2.05, 4.69) is 15.2 Å². The van der Waals surface area contributed by atoms with E-state index in [9.17, 15) is 18.0 Å². The standard InChI is InChI=1S/C29H30F4N4O3/c1-39-13-12-37-10-7-20(8-11-37)40-25-5-3-18(15-24(25)29(31,32)33)22-16-23(27(34)36-26(22)30)17-2-4-21-19(14-17)6-9-35-28(21)38/h2-5,14-16,20H,6-13H2,1H3,(H2,34,36)(H,35,38). The summed E-state index contributed by atoms with van der Waals surface area (Å²) >= 11 is 0. The van der Waals surface area contributed by atoms with Gasteiger partial charge >= 0.3 is 6.18 Å². The fraction of sp³-hybridized carbons (Fsp3) is 0.379. The van der Waals surface area contributed by atoms with E-state index >= 15 is 4.39 Å². The van der Waals surface area contributed by atoms with Crippen LogP contribution in [0.3, 0.4) is 0 Å². The molecule has 0 unspecified atom stereocenters. The Morgan fingerprint density at radius 2 is 1.77 bits per heavy atom. The van der Waals surface area contributed by atoms with Gasteiger partial charge in [-0.1, -0.05) is 18.2 Å². The van der Waals surface area contributed by atoms with Crippen LogP contribution in [-0.2, 0) is 17.3 Å². The average molecular weight is 559 g/mol. The van der Waals surface area contributed by atoms with Gasteiger partial charge in [0.25, 0.3) is 5.91 Å². The molecule has 0 aliphatic carbocycles. The largest absolute Gasteiger partial charge is 0.490 e. The normalized spacial score (nSPS) is 16.5. The van der Waals surface area contributed by atoms with Crippen molar-refractivity contribution in [1.82, 2.24) is 15.2 Å². The first-order valence-electron chi connectivity index (χ1n) is 13.1. The third-order valence-electron chi connectivity index (χ3n) is 7.38. The maximum absolute atomic E-state index is 15.0. The number of ether oxygens (including phenoxy) is 2. The van der Waals surface area contributed by atoms with Gasteiger partial charge in [0, 0.05) is 50.0 Å².